The summed E-state index contributed by atoms with van der Waals surface area (Å²) in [6.07, 6.45) is 6.76. The van der Waals surface area contributed by atoms with Gasteiger partial charge in [-0.15, -0.1) is 6.58 Å². The predicted octanol–water partition coefficient (Wildman–Crippen LogP) is 16.1. The fraction of sp³-hybridized carbons (Fsp3) is 0.254. The number of hydrogen-bond acceptors (Lipinski definition) is 2. The van der Waals surface area contributed by atoms with Gasteiger partial charge in [-0.2, -0.15) is 0 Å². The molecule has 3 heterocycles. The van der Waals surface area contributed by atoms with E-state index in [9.17, 15) is 0 Å². The molecule has 0 amide bonds. The van der Waals surface area contributed by atoms with Crippen molar-refractivity contribution in [3.05, 3.63) is 203 Å². The lowest BCUT2D eigenvalue weighted by molar-refractivity contribution is 0.396. The molecule has 1 aliphatic carbocycles. The second-order valence-corrected chi connectivity index (χ2v) is 20.3. The van der Waals surface area contributed by atoms with Crippen molar-refractivity contribution in [2.75, 3.05) is 9.80 Å². The minimum atomic E-state index is -0.317. The summed E-state index contributed by atoms with van der Waals surface area (Å²) in [4.78, 5) is 5.21. The summed E-state index contributed by atoms with van der Waals surface area (Å²) in [6, 6.07) is 51.1. The minimum Gasteiger partial charge on any atom is -0.310 e. The van der Waals surface area contributed by atoms with Crippen LogP contribution in [0.15, 0.2) is 158 Å². The third-order valence-electron chi connectivity index (χ3n) is 15.5. The fourth-order valence-corrected chi connectivity index (χ4v) is 12.1. The predicted molar refractivity (Wildman–Crippen MR) is 259 cm³/mol. The molecule has 0 spiro atoms. The van der Waals surface area contributed by atoms with Gasteiger partial charge >= 0.3 is 0 Å². The monoisotopic (exact) mass is 792 g/mol. The van der Waals surface area contributed by atoms with Crippen molar-refractivity contribution in [1.82, 2.24) is 0 Å². The molecule has 2 heteroatoms. The highest BCUT2D eigenvalue weighted by Crippen LogP contribution is 2.67. The third kappa shape index (κ3) is 5.03. The van der Waals surface area contributed by atoms with Crippen LogP contribution in [0.2, 0.25) is 0 Å². The van der Waals surface area contributed by atoms with E-state index >= 15 is 0 Å². The van der Waals surface area contributed by atoms with Crippen LogP contribution >= 0.6 is 0 Å². The topological polar surface area (TPSA) is 6.48 Å². The molecular weight excluding hydrogens is 737 g/mol. The molecule has 0 fully saturated rings. The molecule has 0 radical (unpaired) electrons. The molecule has 0 saturated heterocycles. The number of benzene rings is 7. The second-order valence-electron chi connectivity index (χ2n) is 20.3. The molecule has 7 aromatic rings. The molecule has 1 unspecified atom stereocenters. The van der Waals surface area contributed by atoms with Gasteiger partial charge in [-0.3, -0.25) is 0 Å². The van der Waals surface area contributed by atoms with E-state index in [4.69, 9.17) is 0 Å². The Kier molecular flexibility index (Phi) is 7.89. The number of rotatable bonds is 6. The van der Waals surface area contributed by atoms with Gasteiger partial charge in [0.05, 0.1) is 17.1 Å². The van der Waals surface area contributed by atoms with Gasteiger partial charge in [-0.05, 0) is 139 Å². The first-order valence-corrected chi connectivity index (χ1v) is 22.3. The van der Waals surface area contributed by atoms with Crippen molar-refractivity contribution in [2.45, 2.75) is 89.9 Å². The summed E-state index contributed by atoms with van der Waals surface area (Å²) in [6.45, 7) is 26.0. The zero-order chi connectivity index (χ0) is 42.4. The Labute approximate surface area is 362 Å². The lowest BCUT2D eigenvalue weighted by atomic mass is 9.60. The lowest BCUT2D eigenvalue weighted by Crippen LogP contribution is -2.43. The highest BCUT2D eigenvalue weighted by atomic mass is 15.2. The molecule has 0 bridgehead atoms. The molecule has 4 aliphatic rings. The van der Waals surface area contributed by atoms with Gasteiger partial charge in [0.25, 0.3) is 0 Å². The summed E-state index contributed by atoms with van der Waals surface area (Å²) < 4.78 is 0. The van der Waals surface area contributed by atoms with Gasteiger partial charge in [0.2, 0.25) is 0 Å². The number of hydrogen-bond donors (Lipinski definition) is 0. The van der Waals surface area contributed by atoms with Crippen molar-refractivity contribution < 1.29 is 0 Å². The molecule has 0 aromatic heterocycles. The first kappa shape index (κ1) is 37.8. The van der Waals surface area contributed by atoms with Crippen molar-refractivity contribution >= 4 is 44.9 Å². The number of nitrogens with zero attached hydrogens (tertiary/aromatic N) is 2. The zero-order valence-corrected chi connectivity index (χ0v) is 37.2. The molecule has 61 heavy (non-hydrogen) atoms. The Bertz CT molecular complexity index is 3030. The summed E-state index contributed by atoms with van der Waals surface area (Å²) >= 11 is 0. The largest absolute Gasteiger partial charge is 0.310 e. The van der Waals surface area contributed by atoms with E-state index in [2.05, 4.69) is 230 Å². The van der Waals surface area contributed by atoms with Crippen LogP contribution in [0, 0.1) is 5.92 Å². The van der Waals surface area contributed by atoms with Crippen molar-refractivity contribution in [3.63, 3.8) is 0 Å². The van der Waals surface area contributed by atoms with Crippen LogP contribution in [0.1, 0.15) is 113 Å². The van der Waals surface area contributed by atoms with Crippen LogP contribution in [0.5, 0.6) is 0 Å². The van der Waals surface area contributed by atoms with Crippen LogP contribution in [0.25, 0.3) is 21.9 Å². The number of anilines is 6. The van der Waals surface area contributed by atoms with Gasteiger partial charge in [0.1, 0.15) is 0 Å². The van der Waals surface area contributed by atoms with E-state index < -0.39 is 0 Å². The van der Waals surface area contributed by atoms with Crippen LogP contribution < -0.4 is 9.80 Å². The second kappa shape index (κ2) is 12.7. The Balaban J connectivity index is 1.19. The van der Waals surface area contributed by atoms with E-state index in [1.807, 2.05) is 0 Å². The molecule has 2 atom stereocenters. The average Bonchev–Trinajstić information content (AvgIpc) is 3.47. The van der Waals surface area contributed by atoms with Crippen molar-refractivity contribution in [1.29, 1.82) is 0 Å². The van der Waals surface area contributed by atoms with Crippen molar-refractivity contribution in [3.8, 4) is 11.1 Å². The maximum absolute atomic E-state index is 4.33. The molecule has 0 saturated carbocycles. The molecule has 0 N–H and O–H groups in total. The van der Waals surface area contributed by atoms with Crippen molar-refractivity contribution in [2.24, 2.45) is 5.92 Å². The normalized spacial score (nSPS) is 20.0. The Morgan fingerprint density at radius 3 is 1.67 bits per heavy atom. The minimum absolute atomic E-state index is 0.0570. The third-order valence-corrected chi connectivity index (χ3v) is 15.5. The van der Waals surface area contributed by atoms with E-state index in [0.717, 1.165) is 5.69 Å². The molecular formula is C59H56N2. The Morgan fingerprint density at radius 2 is 1.05 bits per heavy atom. The summed E-state index contributed by atoms with van der Waals surface area (Å²) in [5.74, 6) is 0.628. The first-order valence-electron chi connectivity index (χ1n) is 22.3. The Morgan fingerprint density at radius 1 is 0.492 bits per heavy atom. The highest BCUT2D eigenvalue weighted by Gasteiger charge is 2.52. The van der Waals surface area contributed by atoms with Crippen LogP contribution in [0.4, 0.5) is 34.1 Å². The van der Waals surface area contributed by atoms with Gasteiger partial charge in [-0.25, -0.2) is 0 Å². The number of para-hydroxylation sites is 2. The smallest absolute Gasteiger partial charge is 0.0545 e. The Hall–Kier alpha value is -6.12. The molecule has 11 rings (SSSR count). The van der Waals surface area contributed by atoms with E-state index in [0.29, 0.717) is 5.92 Å². The summed E-state index contributed by atoms with van der Waals surface area (Å²) in [7, 11) is 0. The fourth-order valence-electron chi connectivity index (χ4n) is 12.1. The quantitative estimate of drug-likeness (QED) is 0.155. The summed E-state index contributed by atoms with van der Waals surface area (Å²) in [5.41, 5.74) is 20.4. The number of allylic oxidation sites excluding steroid dienone is 3. The molecule has 7 aromatic carbocycles. The molecule has 2 nitrogen and oxygen atoms in total. The van der Waals surface area contributed by atoms with E-state index in [-0.39, 0.29) is 27.6 Å². The van der Waals surface area contributed by atoms with Crippen LogP contribution in [0.3, 0.4) is 0 Å². The maximum atomic E-state index is 4.33. The lowest BCUT2D eigenvalue weighted by Gasteiger charge is -2.55. The van der Waals surface area contributed by atoms with Gasteiger partial charge in [0, 0.05) is 39.2 Å². The maximum Gasteiger partial charge on any atom is 0.0545 e. The highest BCUT2D eigenvalue weighted by molar-refractivity contribution is 6.01. The molecule has 302 valence electrons. The standard InChI is InChI=1S/C59H56N2/c1-11-19-45-43(12-2)44-29-28-41(33-48(44)56(45,3)4)60(40-22-14-13-15-23-40)42-34-51-55-52(35-42)59(9,10)50-32-39(38-27-26-36-20-16-17-21-37(36)30-38)31-49-54(50)61(55)53-46(57(49,5)6)24-18-25-47(53)58(51,7)8/h11-35,43,45H,2H2,1,3-10H3/b19-11-/t43?,45-/m1/s1. The zero-order valence-electron chi connectivity index (χ0n) is 37.2. The molecule has 3 aliphatic heterocycles. The SMILES string of the molecule is C=CC1c2ccc(N(c3ccccc3)c3cc4c5c(c3)C(C)(C)c3cc(-c6ccc7ccccc7c6)cc6c3N5c3c(cccc3C4(C)C)C6(C)C)cc2C(C)(C)[C@@H]1/C=C\C. The first-order chi connectivity index (χ1) is 29.2. The van der Waals surface area contributed by atoms with E-state index in [1.54, 1.807) is 0 Å². The van der Waals surface area contributed by atoms with Gasteiger partial charge < -0.3 is 9.80 Å². The van der Waals surface area contributed by atoms with Crippen LogP contribution in [-0.2, 0) is 21.7 Å². The van der Waals surface area contributed by atoms with Crippen LogP contribution in [-0.4, -0.2) is 0 Å². The van der Waals surface area contributed by atoms with Gasteiger partial charge in [-0.1, -0.05) is 152 Å². The van der Waals surface area contributed by atoms with Gasteiger partial charge in [0.15, 0.2) is 0 Å². The van der Waals surface area contributed by atoms with E-state index in [1.165, 1.54) is 94.8 Å². The average molecular weight is 793 g/mol. The summed E-state index contributed by atoms with van der Waals surface area (Å²) in [5, 5.41) is 2.54. The number of fused-ring (bicyclic) bond motifs is 2.